The van der Waals surface area contributed by atoms with Crippen molar-refractivity contribution in [1.82, 2.24) is 0 Å². The second-order valence-electron chi connectivity index (χ2n) is 10.4. The Balaban J connectivity index is 1.53. The summed E-state index contributed by atoms with van der Waals surface area (Å²) in [7, 11) is 0. The third-order valence-corrected chi connectivity index (χ3v) is 8.42. The Morgan fingerprint density at radius 2 is 0.825 bits per heavy atom. The van der Waals surface area contributed by atoms with Gasteiger partial charge in [-0.2, -0.15) is 10.2 Å². The number of hydrogen-bond acceptors (Lipinski definition) is 8. The molecule has 0 aromatic heterocycles. The highest BCUT2D eigenvalue weighted by atomic mass is 16.3. The topological polar surface area (TPSA) is 106 Å². The molecule has 0 bridgehead atoms. The smallest absolute Gasteiger partial charge is 0.232 e. The lowest BCUT2D eigenvalue weighted by atomic mass is 9.58. The molecule has 4 unspecified atom stereocenters. The molecule has 0 radical (unpaired) electrons. The average molecular weight is 527 g/mol. The van der Waals surface area contributed by atoms with Gasteiger partial charge in [0.1, 0.15) is 0 Å². The fourth-order valence-corrected chi connectivity index (χ4v) is 6.69. The number of para-hydroxylation sites is 2. The van der Waals surface area contributed by atoms with Crippen molar-refractivity contribution in [2.24, 2.45) is 22.0 Å². The minimum absolute atomic E-state index is 0.292. The van der Waals surface area contributed by atoms with Gasteiger partial charge in [-0.05, 0) is 24.3 Å². The number of ketones is 2. The Morgan fingerprint density at radius 1 is 0.500 bits per heavy atom. The zero-order valence-electron chi connectivity index (χ0n) is 21.0. The van der Waals surface area contributed by atoms with E-state index in [0.717, 1.165) is 0 Å². The van der Waals surface area contributed by atoms with E-state index in [0.29, 0.717) is 45.1 Å². The van der Waals surface area contributed by atoms with Gasteiger partial charge in [-0.15, -0.1) is 0 Å². The molecule has 4 aliphatic rings. The number of fused-ring (bicyclic) bond motifs is 4. The quantitative estimate of drug-likeness (QED) is 0.411. The van der Waals surface area contributed by atoms with E-state index >= 15 is 0 Å². The molecule has 0 spiro atoms. The molecule has 2 N–H and O–H groups in total. The molecule has 2 heterocycles. The van der Waals surface area contributed by atoms with Crippen LogP contribution in [0.5, 0.6) is 0 Å². The molecule has 4 atom stereocenters. The molecule has 4 aromatic carbocycles. The number of hydrogen-bond donors (Lipinski definition) is 2. The van der Waals surface area contributed by atoms with Crippen LogP contribution in [0.3, 0.4) is 0 Å². The molecule has 194 valence electrons. The Morgan fingerprint density at radius 3 is 1.20 bits per heavy atom. The van der Waals surface area contributed by atoms with Crippen LogP contribution in [0.15, 0.2) is 119 Å². The van der Waals surface area contributed by atoms with Crippen LogP contribution in [0.25, 0.3) is 0 Å². The summed E-state index contributed by atoms with van der Waals surface area (Å²) in [5.74, 6) is -3.35. The first-order chi connectivity index (χ1) is 19.5. The first kappa shape index (κ1) is 23.0. The summed E-state index contributed by atoms with van der Waals surface area (Å²) in [6, 6.07) is 31.9. The first-order valence-corrected chi connectivity index (χ1v) is 13.1. The van der Waals surface area contributed by atoms with Crippen LogP contribution in [0.4, 0.5) is 11.4 Å². The van der Waals surface area contributed by atoms with Crippen molar-refractivity contribution in [2.45, 2.75) is 11.4 Å². The van der Waals surface area contributed by atoms with Crippen molar-refractivity contribution in [3.05, 3.63) is 131 Å². The third-order valence-electron chi connectivity index (χ3n) is 8.42. The van der Waals surface area contributed by atoms with E-state index in [9.17, 15) is 19.8 Å². The van der Waals surface area contributed by atoms with Crippen molar-refractivity contribution in [1.29, 1.82) is 0 Å². The Hall–Kier alpha value is -4.92. The maximum Gasteiger partial charge on any atom is 0.232 e. The zero-order chi connectivity index (χ0) is 27.2. The number of benzene rings is 4. The van der Waals surface area contributed by atoms with Gasteiger partial charge in [0.25, 0.3) is 0 Å². The highest BCUT2D eigenvalue weighted by molar-refractivity contribution is 6.29. The molecule has 8 rings (SSSR count). The van der Waals surface area contributed by atoms with Crippen LogP contribution in [0.2, 0.25) is 0 Å². The summed E-state index contributed by atoms with van der Waals surface area (Å²) < 4.78 is 0. The lowest BCUT2D eigenvalue weighted by Crippen LogP contribution is -2.77. The van der Waals surface area contributed by atoms with E-state index in [1.165, 1.54) is 10.0 Å². The van der Waals surface area contributed by atoms with Gasteiger partial charge in [-0.25, -0.2) is 10.0 Å². The zero-order valence-corrected chi connectivity index (χ0v) is 21.0. The van der Waals surface area contributed by atoms with Crippen molar-refractivity contribution < 1.29 is 19.8 Å². The number of carbonyl (C=O) groups is 2. The summed E-state index contributed by atoms with van der Waals surface area (Å²) in [6.07, 6.45) is 0. The van der Waals surface area contributed by atoms with Gasteiger partial charge in [0, 0.05) is 22.3 Å². The first-order valence-electron chi connectivity index (χ1n) is 13.1. The van der Waals surface area contributed by atoms with E-state index in [4.69, 9.17) is 10.2 Å². The molecule has 0 saturated heterocycles. The normalized spacial score (nSPS) is 27.8. The number of nitrogens with zero attached hydrogens (tertiary/aromatic N) is 4. The predicted molar refractivity (Wildman–Crippen MR) is 149 cm³/mol. The van der Waals surface area contributed by atoms with Crippen LogP contribution in [-0.2, 0) is 0 Å². The molecule has 4 aromatic rings. The van der Waals surface area contributed by atoms with E-state index in [1.54, 1.807) is 97.1 Å². The lowest BCUT2D eigenvalue weighted by Gasteiger charge is -2.59. The maximum absolute atomic E-state index is 14.3. The van der Waals surface area contributed by atoms with E-state index in [2.05, 4.69) is 0 Å². The summed E-state index contributed by atoms with van der Waals surface area (Å²) in [5.41, 5.74) is -1.05. The fraction of sp³-hybridized carbons (Fsp3) is 0.125. The van der Waals surface area contributed by atoms with Gasteiger partial charge in [-0.3, -0.25) is 9.59 Å². The van der Waals surface area contributed by atoms with E-state index < -0.39 is 34.9 Å². The number of Topliss-reactive ketones (excluding diaryl/α,β-unsaturated/α-hetero) is 2. The van der Waals surface area contributed by atoms with Gasteiger partial charge in [0.05, 0.1) is 34.6 Å². The van der Waals surface area contributed by atoms with Crippen LogP contribution in [0.1, 0.15) is 31.8 Å². The fourth-order valence-electron chi connectivity index (χ4n) is 6.69. The van der Waals surface area contributed by atoms with Gasteiger partial charge >= 0.3 is 0 Å². The van der Waals surface area contributed by atoms with Crippen LogP contribution in [-0.4, -0.2) is 44.7 Å². The molecule has 0 amide bonds. The third kappa shape index (κ3) is 2.66. The standard InChI is InChI=1S/C32H22N4O4/c37-29-23-17-9-8-16-22(23)28-25-26-27(33-35(31(25,29)39)19-11-3-1-4-12-19)21-15-7-10-18-24(21)30(38)32(26,40)36(34-28)20-13-5-2-6-14-20/h1-18,25-26,39-40H. The summed E-state index contributed by atoms with van der Waals surface area (Å²) in [4.78, 5) is 28.6. The largest absolute Gasteiger partial charge is 0.362 e. The number of anilines is 2. The van der Waals surface area contributed by atoms with Crippen molar-refractivity contribution in [2.75, 3.05) is 10.0 Å². The lowest BCUT2D eigenvalue weighted by molar-refractivity contribution is -0.0536. The van der Waals surface area contributed by atoms with E-state index in [-0.39, 0.29) is 0 Å². The Kier molecular flexibility index (Phi) is 4.50. The minimum Gasteiger partial charge on any atom is -0.362 e. The number of carbonyl (C=O) groups excluding carboxylic acids is 2. The van der Waals surface area contributed by atoms with Crippen LogP contribution >= 0.6 is 0 Å². The minimum atomic E-state index is -2.26. The van der Waals surface area contributed by atoms with E-state index in [1.807, 2.05) is 12.1 Å². The molecule has 8 heteroatoms. The van der Waals surface area contributed by atoms with Crippen molar-refractivity contribution >= 4 is 34.4 Å². The van der Waals surface area contributed by atoms with Crippen molar-refractivity contribution in [3.63, 3.8) is 0 Å². The Labute approximate surface area is 229 Å². The highest BCUT2D eigenvalue weighted by Crippen LogP contribution is 2.55. The van der Waals surface area contributed by atoms with Gasteiger partial charge in [0.2, 0.25) is 23.0 Å². The highest BCUT2D eigenvalue weighted by Gasteiger charge is 2.72. The van der Waals surface area contributed by atoms with Gasteiger partial charge in [0.15, 0.2) is 0 Å². The monoisotopic (exact) mass is 526 g/mol. The van der Waals surface area contributed by atoms with Crippen LogP contribution in [0, 0.1) is 11.8 Å². The number of hydrazone groups is 2. The second kappa shape index (κ2) is 7.81. The molecule has 2 aliphatic heterocycles. The molecule has 40 heavy (non-hydrogen) atoms. The number of rotatable bonds is 2. The van der Waals surface area contributed by atoms with Gasteiger partial charge < -0.3 is 10.2 Å². The van der Waals surface area contributed by atoms with Crippen molar-refractivity contribution in [3.8, 4) is 0 Å². The SMILES string of the molecule is O=C1c2ccccc2C2=NN(c3ccccc3)C3(O)C(=O)c4ccccc4C4=NN(c5ccccc5)C1(O)C2C43. The predicted octanol–water partition coefficient (Wildman–Crippen LogP) is 3.84. The van der Waals surface area contributed by atoms with Crippen LogP contribution < -0.4 is 10.0 Å². The summed E-state index contributed by atoms with van der Waals surface area (Å²) in [5, 5.41) is 37.8. The second-order valence-corrected chi connectivity index (χ2v) is 10.4. The van der Waals surface area contributed by atoms with Gasteiger partial charge in [-0.1, -0.05) is 84.9 Å². The average Bonchev–Trinajstić information content (AvgIpc) is 3.01. The Bertz CT molecular complexity index is 1670. The number of aliphatic hydroxyl groups is 2. The molecule has 8 nitrogen and oxygen atoms in total. The maximum atomic E-state index is 14.3. The molecule has 0 saturated carbocycles. The molecular formula is C32H22N4O4. The molecule has 2 aliphatic carbocycles. The molecule has 0 fully saturated rings. The molecular weight excluding hydrogens is 504 g/mol. The summed E-state index contributed by atoms with van der Waals surface area (Å²) >= 11 is 0. The summed E-state index contributed by atoms with van der Waals surface area (Å²) in [6.45, 7) is 0.